The van der Waals surface area contributed by atoms with Gasteiger partial charge >= 0.3 is 0 Å². The van der Waals surface area contributed by atoms with Gasteiger partial charge in [-0.1, -0.05) is 36.9 Å². The molecule has 0 aromatic heterocycles. The Labute approximate surface area is 78.7 Å². The van der Waals surface area contributed by atoms with Crippen LogP contribution in [0.3, 0.4) is 0 Å². The normalized spacial score (nSPS) is 12.5. The van der Waals surface area contributed by atoms with Gasteiger partial charge in [0.25, 0.3) is 0 Å². The summed E-state index contributed by atoms with van der Waals surface area (Å²) < 4.78 is 0. The van der Waals surface area contributed by atoms with Crippen LogP contribution in [0.25, 0.3) is 5.57 Å². The molecule has 0 heterocycles. The molecule has 2 N–H and O–H groups in total. The molecule has 0 saturated heterocycles. The molecule has 0 saturated carbocycles. The molecule has 1 atom stereocenters. The van der Waals surface area contributed by atoms with Crippen LogP contribution in [0.4, 0.5) is 0 Å². The first-order valence-corrected chi connectivity index (χ1v) is 4.38. The molecule has 1 rings (SSSR count). The summed E-state index contributed by atoms with van der Waals surface area (Å²) in [4.78, 5) is 0. The predicted octanol–water partition coefficient (Wildman–Crippen LogP) is 2.30. The summed E-state index contributed by atoms with van der Waals surface area (Å²) in [5.74, 6) is 0. The number of rotatable bonds is 3. The largest absolute Gasteiger partial charge is 0.319 e. The van der Waals surface area contributed by atoms with Gasteiger partial charge in [-0.2, -0.15) is 12.6 Å². The summed E-state index contributed by atoms with van der Waals surface area (Å²) >= 11 is 4.10. The van der Waals surface area contributed by atoms with Gasteiger partial charge in [-0.25, -0.2) is 0 Å². The van der Waals surface area contributed by atoms with E-state index in [0.717, 1.165) is 17.6 Å². The van der Waals surface area contributed by atoms with E-state index in [4.69, 9.17) is 5.73 Å². The molecule has 0 aliphatic heterocycles. The highest BCUT2D eigenvalue weighted by Crippen LogP contribution is 2.17. The van der Waals surface area contributed by atoms with Crippen LogP contribution < -0.4 is 5.73 Å². The molecule has 0 spiro atoms. The van der Waals surface area contributed by atoms with Crippen LogP contribution >= 0.6 is 12.6 Å². The average Bonchev–Trinajstić information content (AvgIpc) is 2.05. The maximum Gasteiger partial charge on any atom is 0.0518 e. The molecular formula is C10H13NS. The molecule has 0 aliphatic rings. The Morgan fingerprint density at radius 1 is 1.42 bits per heavy atom. The summed E-state index contributed by atoms with van der Waals surface area (Å²) in [6.45, 7) is 3.94. The minimum Gasteiger partial charge on any atom is -0.319 e. The molecular weight excluding hydrogens is 166 g/mol. The Balaban J connectivity index is 2.66. The minimum atomic E-state index is -0.113. The highest BCUT2D eigenvalue weighted by atomic mass is 32.1. The summed E-state index contributed by atoms with van der Waals surface area (Å²) in [7, 11) is 0. The van der Waals surface area contributed by atoms with Crippen molar-refractivity contribution in [3.8, 4) is 0 Å². The third kappa shape index (κ3) is 2.72. The van der Waals surface area contributed by atoms with E-state index in [2.05, 4.69) is 19.2 Å². The van der Waals surface area contributed by atoms with E-state index in [-0.39, 0.29) is 5.37 Å². The van der Waals surface area contributed by atoms with Crippen LogP contribution in [0.5, 0.6) is 0 Å². The number of thiol groups is 1. The zero-order chi connectivity index (χ0) is 8.97. The van der Waals surface area contributed by atoms with Crippen LogP contribution in [0.1, 0.15) is 12.0 Å². The fourth-order valence-electron chi connectivity index (χ4n) is 1.04. The Kier molecular flexibility index (Phi) is 3.38. The Hall–Kier alpha value is -0.730. The lowest BCUT2D eigenvalue weighted by Crippen LogP contribution is -2.11. The third-order valence-electron chi connectivity index (χ3n) is 1.64. The molecule has 64 valence electrons. The zero-order valence-corrected chi connectivity index (χ0v) is 7.80. The first kappa shape index (κ1) is 9.36. The van der Waals surface area contributed by atoms with Crippen LogP contribution in [0.15, 0.2) is 36.9 Å². The second-order valence-electron chi connectivity index (χ2n) is 2.74. The van der Waals surface area contributed by atoms with Crippen molar-refractivity contribution in [2.24, 2.45) is 5.73 Å². The molecule has 0 bridgehead atoms. The van der Waals surface area contributed by atoms with Gasteiger partial charge in [-0.05, 0) is 17.6 Å². The number of hydrogen-bond acceptors (Lipinski definition) is 2. The van der Waals surface area contributed by atoms with Crippen molar-refractivity contribution < 1.29 is 0 Å². The first-order chi connectivity index (χ1) is 5.70. The van der Waals surface area contributed by atoms with Crippen molar-refractivity contribution in [1.29, 1.82) is 0 Å². The van der Waals surface area contributed by atoms with Crippen molar-refractivity contribution in [3.63, 3.8) is 0 Å². The van der Waals surface area contributed by atoms with Gasteiger partial charge in [0, 0.05) is 0 Å². The fourth-order valence-corrected chi connectivity index (χ4v) is 1.26. The van der Waals surface area contributed by atoms with Gasteiger partial charge < -0.3 is 5.73 Å². The van der Waals surface area contributed by atoms with E-state index in [0.29, 0.717) is 0 Å². The van der Waals surface area contributed by atoms with E-state index >= 15 is 0 Å². The monoisotopic (exact) mass is 179 g/mol. The number of benzene rings is 1. The van der Waals surface area contributed by atoms with E-state index in [1.165, 1.54) is 0 Å². The molecule has 1 unspecified atom stereocenters. The molecule has 12 heavy (non-hydrogen) atoms. The van der Waals surface area contributed by atoms with Crippen LogP contribution in [-0.4, -0.2) is 5.37 Å². The minimum absolute atomic E-state index is 0.113. The standard InChI is InChI=1S/C10H13NS/c1-8(7-10(11)12)9-5-3-2-4-6-9/h2-6,10,12H,1,7,11H2. The van der Waals surface area contributed by atoms with Crippen LogP contribution in [-0.2, 0) is 0 Å². The van der Waals surface area contributed by atoms with Gasteiger partial charge in [-0.15, -0.1) is 0 Å². The van der Waals surface area contributed by atoms with E-state index in [1.807, 2.05) is 30.3 Å². The Morgan fingerprint density at radius 3 is 2.50 bits per heavy atom. The zero-order valence-electron chi connectivity index (χ0n) is 6.90. The average molecular weight is 179 g/mol. The van der Waals surface area contributed by atoms with Crippen molar-refractivity contribution >= 4 is 18.2 Å². The summed E-state index contributed by atoms with van der Waals surface area (Å²) in [6.07, 6.45) is 0.729. The summed E-state index contributed by atoms with van der Waals surface area (Å²) in [5.41, 5.74) is 7.71. The maximum atomic E-state index is 5.53. The lowest BCUT2D eigenvalue weighted by molar-refractivity contribution is 0.957. The third-order valence-corrected chi connectivity index (χ3v) is 1.82. The molecule has 1 aromatic carbocycles. The van der Waals surface area contributed by atoms with Crippen molar-refractivity contribution in [2.75, 3.05) is 0 Å². The molecule has 0 aliphatic carbocycles. The van der Waals surface area contributed by atoms with Gasteiger partial charge in [0.1, 0.15) is 0 Å². The molecule has 2 heteroatoms. The van der Waals surface area contributed by atoms with Gasteiger partial charge in [0.2, 0.25) is 0 Å². The van der Waals surface area contributed by atoms with E-state index in [1.54, 1.807) is 0 Å². The first-order valence-electron chi connectivity index (χ1n) is 3.87. The van der Waals surface area contributed by atoms with Gasteiger partial charge in [-0.3, -0.25) is 0 Å². The van der Waals surface area contributed by atoms with Crippen LogP contribution in [0.2, 0.25) is 0 Å². The van der Waals surface area contributed by atoms with E-state index in [9.17, 15) is 0 Å². The van der Waals surface area contributed by atoms with Crippen molar-refractivity contribution in [3.05, 3.63) is 42.5 Å². The lowest BCUT2D eigenvalue weighted by atomic mass is 10.1. The van der Waals surface area contributed by atoms with Crippen LogP contribution in [0, 0.1) is 0 Å². The maximum absolute atomic E-state index is 5.53. The van der Waals surface area contributed by atoms with Crippen molar-refractivity contribution in [1.82, 2.24) is 0 Å². The van der Waals surface area contributed by atoms with Crippen molar-refractivity contribution in [2.45, 2.75) is 11.8 Å². The molecule has 0 amide bonds. The second-order valence-corrected chi connectivity index (χ2v) is 3.40. The Morgan fingerprint density at radius 2 is 2.00 bits per heavy atom. The topological polar surface area (TPSA) is 26.0 Å². The highest BCUT2D eigenvalue weighted by Gasteiger charge is 2.00. The fraction of sp³-hybridized carbons (Fsp3) is 0.200. The molecule has 0 radical (unpaired) electrons. The lowest BCUT2D eigenvalue weighted by Gasteiger charge is -2.07. The Bertz CT molecular complexity index is 254. The predicted molar refractivity (Wildman–Crippen MR) is 57.1 cm³/mol. The number of hydrogen-bond donors (Lipinski definition) is 2. The number of nitrogens with two attached hydrogens (primary N) is 1. The highest BCUT2D eigenvalue weighted by molar-refractivity contribution is 7.80. The summed E-state index contributed by atoms with van der Waals surface area (Å²) in [5, 5.41) is -0.113. The smallest absolute Gasteiger partial charge is 0.0518 e. The second kappa shape index (κ2) is 4.33. The molecule has 0 fully saturated rings. The van der Waals surface area contributed by atoms with E-state index < -0.39 is 0 Å². The molecule has 1 nitrogen and oxygen atoms in total. The SMILES string of the molecule is C=C(CC(N)S)c1ccccc1. The summed E-state index contributed by atoms with van der Waals surface area (Å²) in [6, 6.07) is 10.0. The molecule has 1 aromatic rings. The quantitative estimate of drug-likeness (QED) is 0.540. The van der Waals surface area contributed by atoms with Gasteiger partial charge in [0.15, 0.2) is 0 Å². The van der Waals surface area contributed by atoms with Gasteiger partial charge in [0.05, 0.1) is 5.37 Å².